The molecule has 0 heterocycles. The zero-order chi connectivity index (χ0) is 16.9. The Bertz CT molecular complexity index is 652. The minimum atomic E-state index is -3.52. The van der Waals surface area contributed by atoms with E-state index in [9.17, 15) is 18.0 Å². The van der Waals surface area contributed by atoms with Gasteiger partial charge in [-0.25, -0.2) is 8.42 Å². The van der Waals surface area contributed by atoms with Crippen molar-refractivity contribution in [2.24, 2.45) is 5.92 Å². The van der Waals surface area contributed by atoms with Gasteiger partial charge >= 0.3 is 5.97 Å². The van der Waals surface area contributed by atoms with Crippen molar-refractivity contribution in [1.29, 1.82) is 0 Å². The van der Waals surface area contributed by atoms with Gasteiger partial charge in [0.05, 0.1) is 17.1 Å². The van der Waals surface area contributed by atoms with Gasteiger partial charge in [0.15, 0.2) is 16.4 Å². The maximum absolute atomic E-state index is 12.0. The SMILES string of the molecule is C[C@H](NC(=O)COC(=O)CCS(=O)(=O)c1ccccc1)C1CC1. The summed E-state index contributed by atoms with van der Waals surface area (Å²) in [4.78, 5) is 23.4. The maximum atomic E-state index is 12.0. The first-order chi connectivity index (χ1) is 10.9. The molecular weight excluding hydrogens is 318 g/mol. The van der Waals surface area contributed by atoms with Crippen LogP contribution < -0.4 is 5.32 Å². The van der Waals surface area contributed by atoms with E-state index in [1.165, 1.54) is 12.1 Å². The molecule has 1 aromatic carbocycles. The molecule has 0 bridgehead atoms. The van der Waals surface area contributed by atoms with Crippen molar-refractivity contribution in [3.05, 3.63) is 30.3 Å². The third-order valence-corrected chi connectivity index (χ3v) is 5.49. The van der Waals surface area contributed by atoms with E-state index in [2.05, 4.69) is 5.32 Å². The van der Waals surface area contributed by atoms with Gasteiger partial charge in [0.25, 0.3) is 5.91 Å². The molecule has 0 aliphatic heterocycles. The number of amides is 1. The molecule has 1 aliphatic carbocycles. The van der Waals surface area contributed by atoms with Crippen molar-refractivity contribution in [3.8, 4) is 0 Å². The summed E-state index contributed by atoms with van der Waals surface area (Å²) < 4.78 is 28.9. The highest BCUT2D eigenvalue weighted by atomic mass is 32.2. The largest absolute Gasteiger partial charge is 0.456 e. The monoisotopic (exact) mass is 339 g/mol. The van der Waals surface area contributed by atoms with Crippen LogP contribution in [0.5, 0.6) is 0 Å². The molecule has 23 heavy (non-hydrogen) atoms. The average molecular weight is 339 g/mol. The molecular formula is C16H21NO5S. The highest BCUT2D eigenvalue weighted by Gasteiger charge is 2.29. The predicted molar refractivity (Wildman–Crippen MR) is 84.4 cm³/mol. The number of esters is 1. The maximum Gasteiger partial charge on any atom is 0.307 e. The molecule has 0 unspecified atom stereocenters. The molecule has 1 amide bonds. The second-order valence-electron chi connectivity index (χ2n) is 5.74. The van der Waals surface area contributed by atoms with E-state index in [0.717, 1.165) is 12.8 Å². The van der Waals surface area contributed by atoms with E-state index >= 15 is 0 Å². The summed E-state index contributed by atoms with van der Waals surface area (Å²) in [7, 11) is -3.52. The van der Waals surface area contributed by atoms with Gasteiger partial charge in [0.1, 0.15) is 0 Å². The molecule has 1 aromatic rings. The molecule has 1 fully saturated rings. The first-order valence-corrected chi connectivity index (χ1v) is 9.26. The Morgan fingerprint density at radius 3 is 2.52 bits per heavy atom. The summed E-state index contributed by atoms with van der Waals surface area (Å²) in [6.45, 7) is 1.55. The van der Waals surface area contributed by atoms with Crippen LogP contribution in [0.3, 0.4) is 0 Å². The Morgan fingerprint density at radius 1 is 1.26 bits per heavy atom. The van der Waals surface area contributed by atoms with Crippen molar-refractivity contribution in [2.45, 2.75) is 37.1 Å². The number of rotatable bonds is 8. The van der Waals surface area contributed by atoms with Crippen molar-refractivity contribution in [2.75, 3.05) is 12.4 Å². The second-order valence-corrected chi connectivity index (χ2v) is 7.85. The number of benzene rings is 1. The molecule has 1 saturated carbocycles. The zero-order valence-electron chi connectivity index (χ0n) is 13.0. The van der Waals surface area contributed by atoms with E-state index in [-0.39, 0.29) is 35.6 Å². The lowest BCUT2D eigenvalue weighted by molar-refractivity contribution is -0.148. The van der Waals surface area contributed by atoms with Crippen molar-refractivity contribution in [3.63, 3.8) is 0 Å². The van der Waals surface area contributed by atoms with Gasteiger partial charge in [-0.1, -0.05) is 18.2 Å². The minimum absolute atomic E-state index is 0.0830. The predicted octanol–water partition coefficient (Wildman–Crippen LogP) is 1.31. The van der Waals surface area contributed by atoms with Gasteiger partial charge in [-0.3, -0.25) is 9.59 Å². The Kier molecular flexibility index (Phi) is 5.76. The second kappa shape index (κ2) is 7.59. The molecule has 0 radical (unpaired) electrons. The normalized spacial score (nSPS) is 15.7. The molecule has 1 aliphatic rings. The van der Waals surface area contributed by atoms with Crippen molar-refractivity contribution < 1.29 is 22.7 Å². The molecule has 0 saturated heterocycles. The van der Waals surface area contributed by atoms with E-state index < -0.39 is 15.8 Å². The van der Waals surface area contributed by atoms with Gasteiger partial charge in [-0.15, -0.1) is 0 Å². The molecule has 6 nitrogen and oxygen atoms in total. The third-order valence-electron chi connectivity index (χ3n) is 3.76. The number of ether oxygens (including phenoxy) is 1. The Labute approximate surface area is 136 Å². The number of hydrogen-bond acceptors (Lipinski definition) is 5. The van der Waals surface area contributed by atoms with Crippen LogP contribution >= 0.6 is 0 Å². The fourth-order valence-corrected chi connectivity index (χ4v) is 3.43. The van der Waals surface area contributed by atoms with Crippen LogP contribution in [-0.4, -0.2) is 38.7 Å². The van der Waals surface area contributed by atoms with Gasteiger partial charge in [0, 0.05) is 6.04 Å². The first-order valence-electron chi connectivity index (χ1n) is 7.61. The Balaban J connectivity index is 1.71. The van der Waals surface area contributed by atoms with Gasteiger partial charge in [-0.05, 0) is 37.8 Å². The third kappa shape index (κ3) is 5.67. The number of hydrogen-bond donors (Lipinski definition) is 1. The topological polar surface area (TPSA) is 89.5 Å². The van der Waals surface area contributed by atoms with Crippen LogP contribution in [0.15, 0.2) is 35.2 Å². The highest BCUT2D eigenvalue weighted by Crippen LogP contribution is 2.32. The lowest BCUT2D eigenvalue weighted by Crippen LogP contribution is -2.37. The number of carbonyl (C=O) groups excluding carboxylic acids is 2. The summed E-state index contributed by atoms with van der Waals surface area (Å²) in [5.41, 5.74) is 0. The van der Waals surface area contributed by atoms with E-state index in [4.69, 9.17) is 4.74 Å². The van der Waals surface area contributed by atoms with Crippen LogP contribution in [0.25, 0.3) is 0 Å². The van der Waals surface area contributed by atoms with Crippen LogP contribution in [-0.2, 0) is 24.2 Å². The van der Waals surface area contributed by atoms with Gasteiger partial charge in [0.2, 0.25) is 0 Å². The minimum Gasteiger partial charge on any atom is -0.456 e. The Morgan fingerprint density at radius 2 is 1.91 bits per heavy atom. The van der Waals surface area contributed by atoms with E-state index in [0.29, 0.717) is 5.92 Å². The molecule has 1 N–H and O–H groups in total. The quantitative estimate of drug-likeness (QED) is 0.721. The van der Waals surface area contributed by atoms with Crippen LogP contribution in [0.2, 0.25) is 0 Å². The van der Waals surface area contributed by atoms with Gasteiger partial charge < -0.3 is 10.1 Å². The Hall–Kier alpha value is -1.89. The standard InChI is InChI=1S/C16H21NO5S/c1-12(13-7-8-13)17-15(18)11-22-16(19)9-10-23(20,21)14-5-3-2-4-6-14/h2-6,12-13H,7-11H2,1H3,(H,17,18)/t12-/m0/s1. The van der Waals surface area contributed by atoms with Crippen molar-refractivity contribution in [1.82, 2.24) is 5.32 Å². The van der Waals surface area contributed by atoms with E-state index in [1.54, 1.807) is 18.2 Å². The highest BCUT2D eigenvalue weighted by molar-refractivity contribution is 7.91. The fraction of sp³-hybridized carbons (Fsp3) is 0.500. The fourth-order valence-electron chi connectivity index (χ4n) is 2.19. The van der Waals surface area contributed by atoms with Crippen LogP contribution in [0.1, 0.15) is 26.2 Å². The molecule has 0 spiro atoms. The summed E-state index contributed by atoms with van der Waals surface area (Å²) >= 11 is 0. The molecule has 126 valence electrons. The molecule has 7 heteroatoms. The summed E-state index contributed by atoms with van der Waals surface area (Å²) in [6.07, 6.45) is 1.94. The molecule has 0 aromatic heterocycles. The number of nitrogens with one attached hydrogen (secondary N) is 1. The zero-order valence-corrected chi connectivity index (χ0v) is 13.8. The summed E-state index contributed by atoms with van der Waals surface area (Å²) in [5, 5.41) is 2.76. The van der Waals surface area contributed by atoms with E-state index in [1.807, 2.05) is 6.92 Å². The molecule has 2 rings (SSSR count). The smallest absolute Gasteiger partial charge is 0.307 e. The first kappa shape index (κ1) is 17.5. The van der Waals surface area contributed by atoms with Crippen molar-refractivity contribution >= 4 is 21.7 Å². The lowest BCUT2D eigenvalue weighted by atomic mass is 10.2. The average Bonchev–Trinajstić information content (AvgIpc) is 3.37. The molecule has 1 atom stereocenters. The van der Waals surface area contributed by atoms with Crippen LogP contribution in [0, 0.1) is 5.92 Å². The summed E-state index contributed by atoms with van der Waals surface area (Å²) in [6, 6.07) is 8.00. The van der Waals surface area contributed by atoms with Crippen LogP contribution in [0.4, 0.5) is 0 Å². The number of carbonyl (C=O) groups is 2. The summed E-state index contributed by atoms with van der Waals surface area (Å²) in [5.74, 6) is -0.872. The number of sulfone groups is 1. The van der Waals surface area contributed by atoms with Gasteiger partial charge in [-0.2, -0.15) is 0 Å². The lowest BCUT2D eigenvalue weighted by Gasteiger charge is -2.12.